The van der Waals surface area contributed by atoms with Crippen LogP contribution >= 0.6 is 12.4 Å². The smallest absolute Gasteiger partial charge is 0.269 e. The van der Waals surface area contributed by atoms with Crippen LogP contribution in [-0.4, -0.2) is 29.5 Å². The van der Waals surface area contributed by atoms with Gasteiger partial charge in [0, 0.05) is 37.7 Å². The van der Waals surface area contributed by atoms with Crippen molar-refractivity contribution in [2.24, 2.45) is 11.7 Å². The number of likely N-dealkylation sites (tertiary alicyclic amines) is 1. The fraction of sp³-hybridized carbons (Fsp3) is 0.333. The summed E-state index contributed by atoms with van der Waals surface area (Å²) in [5, 5.41) is 10.9. The molecule has 5 nitrogen and oxygen atoms in total. The molecule has 2 aromatic carbocycles. The van der Waals surface area contributed by atoms with Crippen LogP contribution in [0.5, 0.6) is 0 Å². The average Bonchev–Trinajstić information content (AvgIpc) is 2.99. The Balaban J connectivity index is 0.00000208. The molecule has 0 aliphatic carbocycles. The van der Waals surface area contributed by atoms with Crippen LogP contribution in [0.3, 0.4) is 0 Å². The lowest BCUT2D eigenvalue weighted by Gasteiger charge is -2.16. The van der Waals surface area contributed by atoms with Crippen LogP contribution < -0.4 is 5.73 Å². The first kappa shape index (κ1) is 18.4. The van der Waals surface area contributed by atoms with E-state index in [2.05, 4.69) is 29.2 Å². The van der Waals surface area contributed by atoms with Crippen molar-refractivity contribution in [3.63, 3.8) is 0 Å². The van der Waals surface area contributed by atoms with Gasteiger partial charge >= 0.3 is 0 Å². The van der Waals surface area contributed by atoms with E-state index in [1.54, 1.807) is 12.1 Å². The summed E-state index contributed by atoms with van der Waals surface area (Å²) in [7, 11) is 0. The van der Waals surface area contributed by atoms with Crippen molar-refractivity contribution in [2.75, 3.05) is 19.6 Å². The Labute approximate surface area is 148 Å². The van der Waals surface area contributed by atoms with Crippen molar-refractivity contribution in [1.29, 1.82) is 0 Å². The number of nitro groups is 1. The van der Waals surface area contributed by atoms with Gasteiger partial charge in [-0.05, 0) is 23.6 Å². The first-order chi connectivity index (χ1) is 11.2. The summed E-state index contributed by atoms with van der Waals surface area (Å²) < 4.78 is 0. The summed E-state index contributed by atoms with van der Waals surface area (Å²) in [5.74, 6) is 0.857. The quantitative estimate of drug-likeness (QED) is 0.666. The number of rotatable bonds is 5. The Bertz CT molecular complexity index is 681. The van der Waals surface area contributed by atoms with Crippen molar-refractivity contribution >= 4 is 18.1 Å². The highest BCUT2D eigenvalue weighted by molar-refractivity contribution is 5.85. The monoisotopic (exact) mass is 347 g/mol. The van der Waals surface area contributed by atoms with E-state index in [1.807, 2.05) is 12.1 Å². The molecule has 0 radical (unpaired) electrons. The predicted octanol–water partition coefficient (Wildman–Crippen LogP) is 3.19. The number of non-ortho nitro benzene ring substituents is 1. The van der Waals surface area contributed by atoms with Crippen LogP contribution in [0, 0.1) is 16.0 Å². The molecule has 0 saturated carbocycles. The highest BCUT2D eigenvalue weighted by Crippen LogP contribution is 2.33. The van der Waals surface area contributed by atoms with E-state index in [1.165, 1.54) is 11.6 Å². The Hall–Kier alpha value is -1.95. The van der Waals surface area contributed by atoms with Crippen molar-refractivity contribution in [3.8, 4) is 0 Å². The van der Waals surface area contributed by atoms with Gasteiger partial charge in [0.1, 0.15) is 0 Å². The fourth-order valence-electron chi connectivity index (χ4n) is 3.43. The standard InChI is InChI=1S/C18H21N3O2.ClH/c19-10-16-12-20(13-18(16)15-6-2-1-3-7-15)11-14-5-4-8-17(9-14)21(22)23;/h1-9,16,18H,10-13,19H2;1H/t16-,18+;/m1./s1. The van der Waals surface area contributed by atoms with Gasteiger partial charge in [-0.3, -0.25) is 15.0 Å². The molecule has 24 heavy (non-hydrogen) atoms. The molecule has 1 saturated heterocycles. The lowest BCUT2D eigenvalue weighted by Crippen LogP contribution is -2.23. The minimum absolute atomic E-state index is 0. The van der Waals surface area contributed by atoms with Crippen LogP contribution in [0.4, 0.5) is 5.69 Å². The molecule has 2 aromatic rings. The third kappa shape index (κ3) is 4.12. The second-order valence-corrected chi connectivity index (χ2v) is 6.13. The highest BCUT2D eigenvalue weighted by atomic mass is 35.5. The van der Waals surface area contributed by atoms with Gasteiger partial charge in [-0.15, -0.1) is 12.4 Å². The lowest BCUT2D eigenvalue weighted by atomic mass is 9.89. The second kappa shape index (κ2) is 8.24. The second-order valence-electron chi connectivity index (χ2n) is 6.13. The molecular formula is C18H22ClN3O2. The van der Waals surface area contributed by atoms with Crippen LogP contribution in [0.2, 0.25) is 0 Å². The summed E-state index contributed by atoms with van der Waals surface area (Å²) in [6, 6.07) is 17.3. The normalized spacial score (nSPS) is 20.5. The minimum Gasteiger partial charge on any atom is -0.330 e. The Kier molecular flexibility index (Phi) is 6.31. The summed E-state index contributed by atoms with van der Waals surface area (Å²) in [4.78, 5) is 12.9. The van der Waals surface area contributed by atoms with Gasteiger partial charge in [0.2, 0.25) is 0 Å². The molecule has 128 valence electrons. The summed E-state index contributed by atoms with van der Waals surface area (Å²) >= 11 is 0. The van der Waals surface area contributed by atoms with Gasteiger partial charge in [0.25, 0.3) is 5.69 Å². The molecular weight excluding hydrogens is 326 g/mol. The Morgan fingerprint density at radius 1 is 1.12 bits per heavy atom. The van der Waals surface area contributed by atoms with Crippen molar-refractivity contribution in [1.82, 2.24) is 4.90 Å². The van der Waals surface area contributed by atoms with Gasteiger partial charge < -0.3 is 5.73 Å². The van der Waals surface area contributed by atoms with Gasteiger partial charge in [-0.1, -0.05) is 42.5 Å². The van der Waals surface area contributed by atoms with Crippen LogP contribution in [0.25, 0.3) is 0 Å². The summed E-state index contributed by atoms with van der Waals surface area (Å²) in [6.07, 6.45) is 0. The average molecular weight is 348 g/mol. The molecule has 0 spiro atoms. The van der Waals surface area contributed by atoms with Crippen molar-refractivity contribution in [2.45, 2.75) is 12.5 Å². The Morgan fingerprint density at radius 2 is 1.88 bits per heavy atom. The lowest BCUT2D eigenvalue weighted by molar-refractivity contribution is -0.384. The predicted molar refractivity (Wildman–Crippen MR) is 97.3 cm³/mol. The molecule has 2 atom stereocenters. The first-order valence-electron chi connectivity index (χ1n) is 7.88. The summed E-state index contributed by atoms with van der Waals surface area (Å²) in [5.41, 5.74) is 8.41. The number of hydrogen-bond acceptors (Lipinski definition) is 4. The van der Waals surface area contributed by atoms with Crippen LogP contribution in [0.15, 0.2) is 54.6 Å². The van der Waals surface area contributed by atoms with E-state index in [4.69, 9.17) is 5.73 Å². The number of halogens is 1. The maximum atomic E-state index is 10.9. The van der Waals surface area contributed by atoms with Crippen molar-refractivity contribution < 1.29 is 4.92 Å². The molecule has 1 heterocycles. The van der Waals surface area contributed by atoms with E-state index in [0.717, 1.165) is 25.2 Å². The minimum atomic E-state index is -0.344. The fourth-order valence-corrected chi connectivity index (χ4v) is 3.43. The molecule has 1 aliphatic heterocycles. The number of nitrogens with zero attached hydrogens (tertiary/aromatic N) is 2. The first-order valence-corrected chi connectivity index (χ1v) is 7.88. The zero-order chi connectivity index (χ0) is 16.2. The van der Waals surface area contributed by atoms with E-state index in [0.29, 0.717) is 18.4 Å². The number of hydrogen-bond donors (Lipinski definition) is 1. The third-order valence-corrected chi connectivity index (χ3v) is 4.57. The van der Waals surface area contributed by atoms with Crippen LogP contribution in [0.1, 0.15) is 17.0 Å². The molecule has 0 amide bonds. The molecule has 1 aliphatic rings. The van der Waals surface area contributed by atoms with Gasteiger partial charge in [-0.2, -0.15) is 0 Å². The van der Waals surface area contributed by atoms with Gasteiger partial charge in [-0.25, -0.2) is 0 Å². The van der Waals surface area contributed by atoms with E-state index in [-0.39, 0.29) is 23.0 Å². The summed E-state index contributed by atoms with van der Waals surface area (Å²) in [6.45, 7) is 3.25. The number of benzene rings is 2. The van der Waals surface area contributed by atoms with Gasteiger partial charge in [0.15, 0.2) is 0 Å². The molecule has 0 aromatic heterocycles. The van der Waals surface area contributed by atoms with E-state index >= 15 is 0 Å². The largest absolute Gasteiger partial charge is 0.330 e. The van der Waals surface area contributed by atoms with E-state index in [9.17, 15) is 10.1 Å². The topological polar surface area (TPSA) is 72.4 Å². The van der Waals surface area contributed by atoms with E-state index < -0.39 is 0 Å². The molecule has 0 unspecified atom stereocenters. The number of nitro benzene ring substituents is 1. The van der Waals surface area contributed by atoms with Crippen LogP contribution in [-0.2, 0) is 6.54 Å². The number of nitrogens with two attached hydrogens (primary N) is 1. The zero-order valence-corrected chi connectivity index (χ0v) is 14.2. The molecule has 0 bridgehead atoms. The third-order valence-electron chi connectivity index (χ3n) is 4.57. The highest BCUT2D eigenvalue weighted by Gasteiger charge is 2.32. The van der Waals surface area contributed by atoms with Gasteiger partial charge in [0.05, 0.1) is 4.92 Å². The molecule has 1 fully saturated rings. The maximum absolute atomic E-state index is 10.9. The molecule has 2 N–H and O–H groups in total. The molecule has 3 rings (SSSR count). The SMILES string of the molecule is Cl.NC[C@@H]1CN(Cc2cccc([N+](=O)[O-])c2)C[C@H]1c1ccccc1. The Morgan fingerprint density at radius 3 is 2.54 bits per heavy atom. The maximum Gasteiger partial charge on any atom is 0.269 e. The zero-order valence-electron chi connectivity index (χ0n) is 13.4. The van der Waals surface area contributed by atoms with Crippen molar-refractivity contribution in [3.05, 3.63) is 75.8 Å². The molecule has 6 heteroatoms.